The molecule has 6 heteroatoms. The molecule has 0 fully saturated rings. The maximum absolute atomic E-state index is 5.71. The number of hydrogen-bond acceptors (Lipinski definition) is 3. The first kappa shape index (κ1) is 18.6. The first-order valence-electron chi connectivity index (χ1n) is 8.42. The lowest BCUT2D eigenvalue weighted by atomic mass is 10.2. The lowest BCUT2D eigenvalue weighted by Crippen LogP contribution is -2.38. The van der Waals surface area contributed by atoms with Gasteiger partial charge in [0.25, 0.3) is 0 Å². The van der Waals surface area contributed by atoms with E-state index in [1.165, 1.54) is 0 Å². The Kier molecular flexibility index (Phi) is 7.07. The standard InChI is InChI=1S/C19H27N5O/c1-5-11-25-18-10-8-7-9-17(18)13-21-19(20-6-2)23(3)14-16-12-22-24(4)15-16/h5,7-10,12,15H,1,6,11,13-14H2,2-4H3,(H,20,21). The molecule has 25 heavy (non-hydrogen) atoms. The van der Waals surface area contributed by atoms with Gasteiger partial charge in [-0.2, -0.15) is 5.10 Å². The highest BCUT2D eigenvalue weighted by Crippen LogP contribution is 2.19. The van der Waals surface area contributed by atoms with E-state index in [9.17, 15) is 0 Å². The second-order valence-corrected chi connectivity index (χ2v) is 5.76. The van der Waals surface area contributed by atoms with E-state index in [1.807, 2.05) is 50.8 Å². The molecule has 0 spiro atoms. The fraction of sp³-hybridized carbons (Fsp3) is 0.368. The third-order valence-electron chi connectivity index (χ3n) is 3.60. The van der Waals surface area contributed by atoms with Crippen LogP contribution < -0.4 is 10.1 Å². The highest BCUT2D eigenvalue weighted by molar-refractivity contribution is 5.79. The van der Waals surface area contributed by atoms with E-state index in [2.05, 4.69) is 28.8 Å². The molecular formula is C19H27N5O. The number of ether oxygens (including phenoxy) is 1. The fourth-order valence-electron chi connectivity index (χ4n) is 2.46. The van der Waals surface area contributed by atoms with Gasteiger partial charge in [-0.1, -0.05) is 30.9 Å². The van der Waals surface area contributed by atoms with Crippen LogP contribution in [0.4, 0.5) is 0 Å². The Balaban J connectivity index is 2.09. The third-order valence-corrected chi connectivity index (χ3v) is 3.60. The van der Waals surface area contributed by atoms with Gasteiger partial charge in [0, 0.05) is 44.5 Å². The number of rotatable bonds is 8. The van der Waals surface area contributed by atoms with Gasteiger partial charge < -0.3 is 15.0 Å². The van der Waals surface area contributed by atoms with Crippen molar-refractivity contribution in [1.29, 1.82) is 0 Å². The van der Waals surface area contributed by atoms with E-state index < -0.39 is 0 Å². The Hall–Kier alpha value is -2.76. The van der Waals surface area contributed by atoms with E-state index in [0.29, 0.717) is 13.2 Å². The van der Waals surface area contributed by atoms with Crippen molar-refractivity contribution in [2.75, 3.05) is 20.2 Å². The Labute approximate surface area is 149 Å². The summed E-state index contributed by atoms with van der Waals surface area (Å²) in [7, 11) is 3.94. The predicted molar refractivity (Wildman–Crippen MR) is 102 cm³/mol. The number of hydrogen-bond donors (Lipinski definition) is 1. The van der Waals surface area contributed by atoms with Gasteiger partial charge in [-0.3, -0.25) is 4.68 Å². The molecule has 2 rings (SSSR count). The molecule has 1 N–H and O–H groups in total. The SMILES string of the molecule is C=CCOc1ccccc1CN=C(NCC)N(C)Cc1cnn(C)c1. The van der Waals surface area contributed by atoms with Gasteiger partial charge in [0.1, 0.15) is 12.4 Å². The fourth-order valence-corrected chi connectivity index (χ4v) is 2.46. The lowest BCUT2D eigenvalue weighted by Gasteiger charge is -2.21. The summed E-state index contributed by atoms with van der Waals surface area (Å²) in [6, 6.07) is 7.95. The summed E-state index contributed by atoms with van der Waals surface area (Å²) < 4.78 is 7.51. The maximum Gasteiger partial charge on any atom is 0.194 e. The third kappa shape index (κ3) is 5.67. The highest BCUT2D eigenvalue weighted by Gasteiger charge is 2.09. The quantitative estimate of drug-likeness (QED) is 0.455. The number of para-hydroxylation sites is 1. The molecule has 0 aliphatic rings. The van der Waals surface area contributed by atoms with Gasteiger partial charge in [-0.15, -0.1) is 0 Å². The molecule has 2 aromatic rings. The minimum atomic E-state index is 0.488. The Morgan fingerprint density at radius 2 is 2.24 bits per heavy atom. The van der Waals surface area contributed by atoms with E-state index in [-0.39, 0.29) is 0 Å². The number of nitrogens with one attached hydrogen (secondary N) is 1. The van der Waals surface area contributed by atoms with Crippen molar-refractivity contribution in [2.24, 2.45) is 12.0 Å². The smallest absolute Gasteiger partial charge is 0.194 e. The molecule has 1 heterocycles. The van der Waals surface area contributed by atoms with Crippen LogP contribution in [0.2, 0.25) is 0 Å². The molecule has 0 aliphatic heterocycles. The molecule has 0 atom stereocenters. The van der Waals surface area contributed by atoms with Crippen LogP contribution in [0.25, 0.3) is 0 Å². The summed E-state index contributed by atoms with van der Waals surface area (Å²) in [5, 5.41) is 7.55. The first-order chi connectivity index (χ1) is 12.1. The van der Waals surface area contributed by atoms with Crippen molar-refractivity contribution in [3.8, 4) is 5.75 Å². The summed E-state index contributed by atoms with van der Waals surface area (Å²) in [5.74, 6) is 1.70. The van der Waals surface area contributed by atoms with E-state index >= 15 is 0 Å². The maximum atomic E-state index is 5.71. The van der Waals surface area contributed by atoms with Crippen LogP contribution in [0.15, 0.2) is 54.3 Å². The van der Waals surface area contributed by atoms with Crippen LogP contribution >= 0.6 is 0 Å². The van der Waals surface area contributed by atoms with E-state index in [1.54, 1.807) is 10.8 Å². The summed E-state index contributed by atoms with van der Waals surface area (Å²) in [6.07, 6.45) is 5.63. The van der Waals surface area contributed by atoms with Crippen LogP contribution in [-0.2, 0) is 20.1 Å². The molecule has 1 aromatic heterocycles. The van der Waals surface area contributed by atoms with Crippen LogP contribution in [0, 0.1) is 0 Å². The molecule has 0 saturated heterocycles. The van der Waals surface area contributed by atoms with Crippen LogP contribution in [0.5, 0.6) is 5.75 Å². The normalized spacial score (nSPS) is 11.2. The summed E-state index contributed by atoms with van der Waals surface area (Å²) in [4.78, 5) is 6.84. The van der Waals surface area contributed by atoms with Gasteiger partial charge in [0.05, 0.1) is 12.7 Å². The molecule has 0 aliphatic carbocycles. The van der Waals surface area contributed by atoms with Crippen molar-refractivity contribution in [2.45, 2.75) is 20.0 Å². The molecule has 0 bridgehead atoms. The predicted octanol–water partition coefficient (Wildman–Crippen LogP) is 2.58. The first-order valence-corrected chi connectivity index (χ1v) is 8.42. The van der Waals surface area contributed by atoms with E-state index in [4.69, 9.17) is 9.73 Å². The van der Waals surface area contributed by atoms with Gasteiger partial charge >= 0.3 is 0 Å². The van der Waals surface area contributed by atoms with Crippen LogP contribution in [-0.4, -0.2) is 40.8 Å². The number of guanidine groups is 1. The monoisotopic (exact) mass is 341 g/mol. The topological polar surface area (TPSA) is 54.7 Å². The average molecular weight is 341 g/mol. The van der Waals surface area contributed by atoms with E-state index in [0.717, 1.165) is 35.9 Å². The molecule has 0 radical (unpaired) electrons. The van der Waals surface area contributed by atoms with Crippen molar-refractivity contribution >= 4 is 5.96 Å². The number of nitrogens with zero attached hydrogens (tertiary/aromatic N) is 4. The minimum Gasteiger partial charge on any atom is -0.489 e. The number of aliphatic imine (C=N–C) groups is 1. The molecule has 134 valence electrons. The number of benzene rings is 1. The van der Waals surface area contributed by atoms with Crippen molar-refractivity contribution in [3.05, 3.63) is 60.4 Å². The van der Waals surface area contributed by atoms with Crippen molar-refractivity contribution in [3.63, 3.8) is 0 Å². The second-order valence-electron chi connectivity index (χ2n) is 5.76. The Morgan fingerprint density at radius 3 is 2.92 bits per heavy atom. The lowest BCUT2D eigenvalue weighted by molar-refractivity contribution is 0.359. The summed E-state index contributed by atoms with van der Waals surface area (Å²) >= 11 is 0. The van der Waals surface area contributed by atoms with Crippen LogP contribution in [0.1, 0.15) is 18.1 Å². The zero-order chi connectivity index (χ0) is 18.1. The van der Waals surface area contributed by atoms with Gasteiger partial charge in [0.15, 0.2) is 5.96 Å². The molecule has 1 aromatic carbocycles. The Morgan fingerprint density at radius 1 is 1.44 bits per heavy atom. The summed E-state index contributed by atoms with van der Waals surface area (Å²) in [6.45, 7) is 8.35. The largest absolute Gasteiger partial charge is 0.489 e. The van der Waals surface area contributed by atoms with Crippen molar-refractivity contribution < 1.29 is 4.74 Å². The number of aryl methyl sites for hydroxylation is 1. The second kappa shape index (κ2) is 9.52. The molecule has 6 nitrogen and oxygen atoms in total. The number of aromatic nitrogens is 2. The molecular weight excluding hydrogens is 314 g/mol. The zero-order valence-corrected chi connectivity index (χ0v) is 15.3. The Bertz CT molecular complexity index is 707. The molecule has 0 amide bonds. The van der Waals surface area contributed by atoms with Crippen LogP contribution in [0.3, 0.4) is 0 Å². The highest BCUT2D eigenvalue weighted by atomic mass is 16.5. The summed E-state index contributed by atoms with van der Waals surface area (Å²) in [5.41, 5.74) is 2.19. The zero-order valence-electron chi connectivity index (χ0n) is 15.3. The van der Waals surface area contributed by atoms with Gasteiger partial charge in [-0.25, -0.2) is 4.99 Å². The average Bonchev–Trinajstić information content (AvgIpc) is 3.02. The molecule has 0 saturated carbocycles. The van der Waals surface area contributed by atoms with Gasteiger partial charge in [0.2, 0.25) is 0 Å². The van der Waals surface area contributed by atoms with Gasteiger partial charge in [-0.05, 0) is 13.0 Å². The minimum absolute atomic E-state index is 0.488. The van der Waals surface area contributed by atoms with Crippen molar-refractivity contribution in [1.82, 2.24) is 20.0 Å². The molecule has 0 unspecified atom stereocenters.